The van der Waals surface area contributed by atoms with E-state index in [-0.39, 0.29) is 5.91 Å². The molecule has 0 aromatic heterocycles. The molecule has 0 atom stereocenters. The summed E-state index contributed by atoms with van der Waals surface area (Å²) in [6.45, 7) is 2.08. The fraction of sp³-hybridized carbons (Fsp3) is 0.500. The SMILES string of the molecule is COc1ccc(C(=O)N(C)C)cc1N1CCCC1. The van der Waals surface area contributed by atoms with Crippen molar-refractivity contribution in [2.75, 3.05) is 39.2 Å². The van der Waals surface area contributed by atoms with Crippen molar-refractivity contribution in [1.29, 1.82) is 0 Å². The van der Waals surface area contributed by atoms with Gasteiger partial charge in [0, 0.05) is 32.7 Å². The van der Waals surface area contributed by atoms with Gasteiger partial charge in [0.15, 0.2) is 0 Å². The molecule has 0 spiro atoms. The second-order valence-electron chi connectivity index (χ2n) is 4.78. The van der Waals surface area contributed by atoms with E-state index in [2.05, 4.69) is 4.90 Å². The first-order chi connectivity index (χ1) is 8.63. The van der Waals surface area contributed by atoms with Gasteiger partial charge in [-0.05, 0) is 31.0 Å². The van der Waals surface area contributed by atoms with E-state index in [0.717, 1.165) is 24.5 Å². The second kappa shape index (κ2) is 5.29. The van der Waals surface area contributed by atoms with E-state index in [9.17, 15) is 4.79 Å². The molecule has 0 saturated carbocycles. The van der Waals surface area contributed by atoms with E-state index in [0.29, 0.717) is 5.56 Å². The summed E-state index contributed by atoms with van der Waals surface area (Å²) in [5.74, 6) is 0.866. The number of hydrogen-bond donors (Lipinski definition) is 0. The standard InChI is InChI=1S/C14H20N2O2/c1-15(2)14(17)11-6-7-13(18-3)12(10-11)16-8-4-5-9-16/h6-7,10H,4-5,8-9H2,1-3H3. The largest absolute Gasteiger partial charge is 0.495 e. The summed E-state index contributed by atoms with van der Waals surface area (Å²) in [4.78, 5) is 15.9. The van der Waals surface area contributed by atoms with Gasteiger partial charge in [0.05, 0.1) is 12.8 Å². The Hall–Kier alpha value is -1.71. The third kappa shape index (κ3) is 2.42. The van der Waals surface area contributed by atoms with Crippen LogP contribution in [0.1, 0.15) is 23.2 Å². The molecular weight excluding hydrogens is 228 g/mol. The Kier molecular flexibility index (Phi) is 3.75. The summed E-state index contributed by atoms with van der Waals surface area (Å²) in [6.07, 6.45) is 2.41. The van der Waals surface area contributed by atoms with Crippen LogP contribution in [0.5, 0.6) is 5.75 Å². The van der Waals surface area contributed by atoms with Crippen LogP contribution in [-0.2, 0) is 0 Å². The molecule has 98 valence electrons. The maximum absolute atomic E-state index is 12.0. The summed E-state index contributed by atoms with van der Waals surface area (Å²) in [5, 5.41) is 0. The van der Waals surface area contributed by atoms with Gasteiger partial charge in [-0.25, -0.2) is 0 Å². The predicted molar refractivity (Wildman–Crippen MR) is 72.5 cm³/mol. The molecule has 4 heteroatoms. The van der Waals surface area contributed by atoms with Gasteiger partial charge in [-0.15, -0.1) is 0 Å². The molecule has 0 bridgehead atoms. The lowest BCUT2D eigenvalue weighted by Crippen LogP contribution is -2.23. The molecule has 18 heavy (non-hydrogen) atoms. The Labute approximate surface area is 108 Å². The lowest BCUT2D eigenvalue weighted by atomic mass is 10.1. The molecule has 1 fully saturated rings. The van der Waals surface area contributed by atoms with Crippen LogP contribution >= 0.6 is 0 Å². The van der Waals surface area contributed by atoms with Crippen LogP contribution in [0.2, 0.25) is 0 Å². The van der Waals surface area contributed by atoms with Crippen LogP contribution in [0, 0.1) is 0 Å². The van der Waals surface area contributed by atoms with Crippen molar-refractivity contribution in [3.63, 3.8) is 0 Å². The Morgan fingerprint density at radius 3 is 2.50 bits per heavy atom. The van der Waals surface area contributed by atoms with Gasteiger partial charge in [-0.1, -0.05) is 0 Å². The fourth-order valence-corrected chi connectivity index (χ4v) is 2.29. The number of hydrogen-bond acceptors (Lipinski definition) is 3. The number of carbonyl (C=O) groups is 1. The zero-order valence-corrected chi connectivity index (χ0v) is 11.3. The van der Waals surface area contributed by atoms with Crippen molar-refractivity contribution in [1.82, 2.24) is 4.90 Å². The number of rotatable bonds is 3. The highest BCUT2D eigenvalue weighted by Gasteiger charge is 2.18. The highest BCUT2D eigenvalue weighted by atomic mass is 16.5. The molecule has 1 aliphatic heterocycles. The normalized spacial score (nSPS) is 14.7. The lowest BCUT2D eigenvalue weighted by molar-refractivity contribution is 0.0827. The van der Waals surface area contributed by atoms with Crippen LogP contribution in [0.4, 0.5) is 5.69 Å². The van der Waals surface area contributed by atoms with Crippen LogP contribution in [0.3, 0.4) is 0 Å². The highest BCUT2D eigenvalue weighted by molar-refractivity contribution is 5.95. The van der Waals surface area contributed by atoms with Crippen molar-refractivity contribution in [3.8, 4) is 5.75 Å². The number of carbonyl (C=O) groups excluding carboxylic acids is 1. The van der Waals surface area contributed by atoms with Gasteiger partial charge in [-0.2, -0.15) is 0 Å². The zero-order valence-electron chi connectivity index (χ0n) is 11.3. The van der Waals surface area contributed by atoms with Crippen LogP contribution in [0.15, 0.2) is 18.2 Å². The first-order valence-corrected chi connectivity index (χ1v) is 6.28. The number of amides is 1. The Balaban J connectivity index is 2.35. The average Bonchev–Trinajstić information content (AvgIpc) is 2.90. The van der Waals surface area contributed by atoms with Gasteiger partial charge in [0.2, 0.25) is 0 Å². The van der Waals surface area contributed by atoms with Gasteiger partial charge >= 0.3 is 0 Å². The first kappa shape index (κ1) is 12.7. The predicted octanol–water partition coefficient (Wildman–Crippen LogP) is 2.00. The summed E-state index contributed by atoms with van der Waals surface area (Å²) in [5.41, 5.74) is 1.74. The smallest absolute Gasteiger partial charge is 0.253 e. The number of methoxy groups -OCH3 is 1. The Morgan fingerprint density at radius 1 is 1.28 bits per heavy atom. The topological polar surface area (TPSA) is 32.8 Å². The van der Waals surface area contributed by atoms with Crippen molar-refractivity contribution < 1.29 is 9.53 Å². The van der Waals surface area contributed by atoms with E-state index in [1.165, 1.54) is 12.8 Å². The summed E-state index contributed by atoms with van der Waals surface area (Å²) in [7, 11) is 5.20. The molecule has 0 unspecified atom stereocenters. The molecule has 4 nitrogen and oxygen atoms in total. The zero-order chi connectivity index (χ0) is 13.1. The summed E-state index contributed by atoms with van der Waals surface area (Å²) >= 11 is 0. The minimum Gasteiger partial charge on any atom is -0.495 e. The molecule has 0 radical (unpaired) electrons. The summed E-state index contributed by atoms with van der Waals surface area (Å²) in [6, 6.07) is 5.64. The number of anilines is 1. The molecule has 0 N–H and O–H groups in total. The minimum absolute atomic E-state index is 0.0260. The number of benzene rings is 1. The molecule has 1 heterocycles. The van der Waals surface area contributed by atoms with Crippen LogP contribution in [-0.4, -0.2) is 45.1 Å². The molecule has 1 amide bonds. The monoisotopic (exact) mass is 248 g/mol. The Morgan fingerprint density at radius 2 is 1.94 bits per heavy atom. The van der Waals surface area contributed by atoms with Gasteiger partial charge in [-0.3, -0.25) is 4.79 Å². The third-order valence-corrected chi connectivity index (χ3v) is 3.28. The fourth-order valence-electron chi connectivity index (χ4n) is 2.29. The molecule has 1 saturated heterocycles. The second-order valence-corrected chi connectivity index (χ2v) is 4.78. The van der Waals surface area contributed by atoms with E-state index < -0.39 is 0 Å². The quantitative estimate of drug-likeness (QED) is 0.820. The van der Waals surface area contributed by atoms with Crippen molar-refractivity contribution in [2.45, 2.75) is 12.8 Å². The minimum atomic E-state index is 0.0260. The average molecular weight is 248 g/mol. The maximum Gasteiger partial charge on any atom is 0.253 e. The van der Waals surface area contributed by atoms with E-state index in [1.807, 2.05) is 18.2 Å². The van der Waals surface area contributed by atoms with Gasteiger partial charge < -0.3 is 14.5 Å². The lowest BCUT2D eigenvalue weighted by Gasteiger charge is -2.21. The molecule has 0 aliphatic carbocycles. The van der Waals surface area contributed by atoms with Crippen molar-refractivity contribution in [3.05, 3.63) is 23.8 Å². The van der Waals surface area contributed by atoms with Gasteiger partial charge in [0.25, 0.3) is 5.91 Å². The molecule has 1 aliphatic rings. The van der Waals surface area contributed by atoms with E-state index >= 15 is 0 Å². The Bertz CT molecular complexity index is 437. The first-order valence-electron chi connectivity index (χ1n) is 6.28. The highest BCUT2D eigenvalue weighted by Crippen LogP contribution is 2.32. The molecular formula is C14H20N2O2. The number of nitrogens with zero attached hydrogens (tertiary/aromatic N) is 2. The van der Waals surface area contributed by atoms with Crippen LogP contribution in [0.25, 0.3) is 0 Å². The van der Waals surface area contributed by atoms with Crippen molar-refractivity contribution in [2.24, 2.45) is 0 Å². The van der Waals surface area contributed by atoms with E-state index in [1.54, 1.807) is 26.1 Å². The third-order valence-electron chi connectivity index (χ3n) is 3.28. The van der Waals surface area contributed by atoms with Crippen molar-refractivity contribution >= 4 is 11.6 Å². The van der Waals surface area contributed by atoms with Gasteiger partial charge in [0.1, 0.15) is 5.75 Å². The molecule has 1 aromatic rings. The summed E-state index contributed by atoms with van der Waals surface area (Å²) < 4.78 is 5.39. The molecule has 2 rings (SSSR count). The molecule has 1 aromatic carbocycles. The van der Waals surface area contributed by atoms with E-state index in [4.69, 9.17) is 4.74 Å². The maximum atomic E-state index is 12.0. The van der Waals surface area contributed by atoms with Crippen LogP contribution < -0.4 is 9.64 Å². The number of ether oxygens (including phenoxy) is 1.